The summed E-state index contributed by atoms with van der Waals surface area (Å²) in [5.74, 6) is 0.0422. The van der Waals surface area contributed by atoms with Gasteiger partial charge in [0, 0.05) is 43.9 Å². The van der Waals surface area contributed by atoms with Gasteiger partial charge in [0.1, 0.15) is 6.04 Å². The van der Waals surface area contributed by atoms with Crippen LogP contribution in [0.25, 0.3) is 0 Å². The smallest absolute Gasteiger partial charge is 0.241 e. The average molecular weight is 431 g/mol. The molecule has 168 valence electrons. The molecule has 0 saturated carbocycles. The lowest BCUT2D eigenvalue weighted by atomic mass is 9.88. The summed E-state index contributed by atoms with van der Waals surface area (Å²) in [7, 11) is 1.73. The Bertz CT molecular complexity index is 1060. The van der Waals surface area contributed by atoms with Crippen molar-refractivity contribution in [3.8, 4) is 0 Å². The molecule has 0 spiro atoms. The van der Waals surface area contributed by atoms with Crippen LogP contribution in [0.15, 0.2) is 54.6 Å². The Labute approximate surface area is 191 Å². The zero-order valence-corrected chi connectivity index (χ0v) is 19.6. The molecule has 0 saturated heterocycles. The van der Waals surface area contributed by atoms with Crippen LogP contribution in [0.5, 0.6) is 0 Å². The maximum Gasteiger partial charge on any atom is 0.241 e. The van der Waals surface area contributed by atoms with Gasteiger partial charge in [-0.1, -0.05) is 60.2 Å². The molecule has 2 heterocycles. The van der Waals surface area contributed by atoms with Crippen LogP contribution in [0, 0.1) is 13.8 Å². The summed E-state index contributed by atoms with van der Waals surface area (Å²) in [6.07, 6.45) is 2.82. The minimum absolute atomic E-state index is 0.0422. The van der Waals surface area contributed by atoms with Gasteiger partial charge in [-0.3, -0.25) is 14.4 Å². The van der Waals surface area contributed by atoms with Crippen molar-refractivity contribution in [1.29, 1.82) is 0 Å². The summed E-state index contributed by atoms with van der Waals surface area (Å²) in [6.45, 7) is 8.10. The van der Waals surface area contributed by atoms with E-state index in [4.69, 9.17) is 5.10 Å². The lowest BCUT2D eigenvalue weighted by Crippen LogP contribution is -2.45. The second kappa shape index (κ2) is 9.70. The van der Waals surface area contributed by atoms with Crippen LogP contribution in [-0.2, 0) is 24.2 Å². The van der Waals surface area contributed by atoms with E-state index in [1.807, 2.05) is 18.2 Å². The summed E-state index contributed by atoms with van der Waals surface area (Å²) < 4.78 is 2.15. The van der Waals surface area contributed by atoms with E-state index in [0.29, 0.717) is 0 Å². The fourth-order valence-corrected chi connectivity index (χ4v) is 5.10. The van der Waals surface area contributed by atoms with E-state index in [0.717, 1.165) is 43.6 Å². The van der Waals surface area contributed by atoms with Gasteiger partial charge in [-0.15, -0.1) is 0 Å². The summed E-state index contributed by atoms with van der Waals surface area (Å²) in [5, 5.41) is 7.76. The van der Waals surface area contributed by atoms with Gasteiger partial charge in [-0.05, 0) is 44.7 Å². The number of rotatable bonds is 7. The second-order valence-electron chi connectivity index (χ2n) is 8.72. The Balaban J connectivity index is 1.74. The van der Waals surface area contributed by atoms with Crippen molar-refractivity contribution < 1.29 is 4.79 Å². The molecule has 2 aromatic carbocycles. The molecule has 5 nitrogen and oxygen atoms in total. The number of fused-ring (bicyclic) bond motifs is 1. The number of benzene rings is 2. The minimum Gasteiger partial charge on any atom is -0.358 e. The number of amides is 1. The molecule has 2 atom stereocenters. The van der Waals surface area contributed by atoms with E-state index in [1.165, 1.54) is 22.4 Å². The Morgan fingerprint density at radius 2 is 1.84 bits per heavy atom. The van der Waals surface area contributed by atoms with E-state index in [2.05, 4.69) is 72.1 Å². The van der Waals surface area contributed by atoms with E-state index in [1.54, 1.807) is 7.05 Å². The van der Waals surface area contributed by atoms with Gasteiger partial charge < -0.3 is 5.32 Å². The molecular formula is C27H34N4O. The van der Waals surface area contributed by atoms with Crippen molar-refractivity contribution in [1.82, 2.24) is 20.0 Å². The fraction of sp³-hybridized carbons (Fsp3) is 0.407. The SMILES string of the molecule is CCn1nc(C)c2c1CCN([C@@H](C(=O)NC)c1ccccc1)[C@H]2CCc1ccc(C)cc1. The third-order valence-electron chi connectivity index (χ3n) is 6.69. The highest BCUT2D eigenvalue weighted by Gasteiger charge is 2.38. The molecule has 1 aliphatic heterocycles. The predicted octanol–water partition coefficient (Wildman–Crippen LogP) is 4.54. The predicted molar refractivity (Wildman–Crippen MR) is 129 cm³/mol. The van der Waals surface area contributed by atoms with Crippen LogP contribution < -0.4 is 5.32 Å². The van der Waals surface area contributed by atoms with Crippen molar-refractivity contribution in [3.63, 3.8) is 0 Å². The monoisotopic (exact) mass is 430 g/mol. The van der Waals surface area contributed by atoms with Crippen molar-refractivity contribution in [2.75, 3.05) is 13.6 Å². The third kappa shape index (κ3) is 4.35. The molecule has 32 heavy (non-hydrogen) atoms. The Kier molecular flexibility index (Phi) is 6.75. The molecular weight excluding hydrogens is 396 g/mol. The number of carbonyl (C=O) groups is 1. The third-order valence-corrected chi connectivity index (χ3v) is 6.69. The number of hydrogen-bond acceptors (Lipinski definition) is 3. The summed E-state index contributed by atoms with van der Waals surface area (Å²) in [4.78, 5) is 15.6. The first kappa shape index (κ1) is 22.3. The fourth-order valence-electron chi connectivity index (χ4n) is 5.10. The van der Waals surface area contributed by atoms with E-state index < -0.39 is 0 Å². The Morgan fingerprint density at radius 3 is 2.50 bits per heavy atom. The highest BCUT2D eigenvalue weighted by molar-refractivity contribution is 5.83. The van der Waals surface area contributed by atoms with Crippen molar-refractivity contribution in [3.05, 3.63) is 88.2 Å². The largest absolute Gasteiger partial charge is 0.358 e. The Hall–Kier alpha value is -2.92. The van der Waals surface area contributed by atoms with Crippen LogP contribution >= 0.6 is 0 Å². The molecule has 1 N–H and O–H groups in total. The first-order valence-electron chi connectivity index (χ1n) is 11.7. The van der Waals surface area contributed by atoms with Crippen LogP contribution in [-0.4, -0.2) is 34.2 Å². The number of aromatic nitrogens is 2. The topological polar surface area (TPSA) is 50.2 Å². The van der Waals surface area contributed by atoms with Crippen LogP contribution in [0.4, 0.5) is 0 Å². The second-order valence-corrected chi connectivity index (χ2v) is 8.72. The molecule has 4 rings (SSSR count). The quantitative estimate of drug-likeness (QED) is 0.599. The van der Waals surface area contributed by atoms with Crippen molar-refractivity contribution >= 4 is 5.91 Å². The summed E-state index contributed by atoms with van der Waals surface area (Å²) in [6, 6.07) is 18.8. The first-order valence-corrected chi connectivity index (χ1v) is 11.7. The Morgan fingerprint density at radius 1 is 1.12 bits per heavy atom. The van der Waals surface area contributed by atoms with E-state index in [-0.39, 0.29) is 18.0 Å². The highest BCUT2D eigenvalue weighted by Crippen LogP contribution is 2.40. The zero-order chi connectivity index (χ0) is 22.7. The van der Waals surface area contributed by atoms with E-state index >= 15 is 0 Å². The van der Waals surface area contributed by atoms with Crippen LogP contribution in [0.1, 0.15) is 59.1 Å². The molecule has 1 aliphatic rings. The first-order chi connectivity index (χ1) is 15.5. The lowest BCUT2D eigenvalue weighted by molar-refractivity contribution is -0.127. The standard InChI is InChI=1S/C27H34N4O/c1-5-31-24-17-18-30(26(27(32)28-4)22-9-7-6-8-10-22)23(25(24)20(3)29-31)16-15-21-13-11-19(2)12-14-21/h6-14,23,26H,5,15-18H2,1-4H3,(H,28,32)/t23-,26+/m0/s1. The normalized spacial score (nSPS) is 17.1. The van der Waals surface area contributed by atoms with Crippen molar-refractivity contribution in [2.45, 2.75) is 58.7 Å². The number of likely N-dealkylation sites (N-methyl/N-ethyl adjacent to an activating group) is 1. The summed E-state index contributed by atoms with van der Waals surface area (Å²) in [5.41, 5.74) is 7.38. The lowest BCUT2D eigenvalue weighted by Gasteiger charge is -2.41. The van der Waals surface area contributed by atoms with Gasteiger partial charge in [0.25, 0.3) is 0 Å². The highest BCUT2D eigenvalue weighted by atomic mass is 16.2. The average Bonchev–Trinajstić information content (AvgIpc) is 3.15. The van der Waals surface area contributed by atoms with Crippen LogP contribution in [0.2, 0.25) is 0 Å². The molecule has 5 heteroatoms. The molecule has 1 amide bonds. The van der Waals surface area contributed by atoms with Gasteiger partial charge in [0.15, 0.2) is 0 Å². The number of nitrogens with zero attached hydrogens (tertiary/aromatic N) is 3. The van der Waals surface area contributed by atoms with Gasteiger partial charge >= 0.3 is 0 Å². The summed E-state index contributed by atoms with van der Waals surface area (Å²) >= 11 is 0. The molecule has 0 radical (unpaired) electrons. The minimum atomic E-state index is -0.318. The molecule has 0 bridgehead atoms. The molecule has 0 aliphatic carbocycles. The molecule has 0 unspecified atom stereocenters. The van der Waals surface area contributed by atoms with Gasteiger partial charge in [-0.2, -0.15) is 5.10 Å². The molecule has 0 fully saturated rings. The number of nitrogens with one attached hydrogen (secondary N) is 1. The number of aryl methyl sites for hydroxylation is 4. The number of carbonyl (C=O) groups excluding carboxylic acids is 1. The van der Waals surface area contributed by atoms with Crippen molar-refractivity contribution in [2.24, 2.45) is 0 Å². The maximum absolute atomic E-state index is 13.2. The van der Waals surface area contributed by atoms with Gasteiger partial charge in [-0.25, -0.2) is 0 Å². The van der Waals surface area contributed by atoms with E-state index in [9.17, 15) is 4.79 Å². The zero-order valence-electron chi connectivity index (χ0n) is 19.6. The number of hydrogen-bond donors (Lipinski definition) is 1. The maximum atomic E-state index is 13.2. The van der Waals surface area contributed by atoms with Gasteiger partial charge in [0.2, 0.25) is 5.91 Å². The van der Waals surface area contributed by atoms with Gasteiger partial charge in [0.05, 0.1) is 5.69 Å². The molecule has 3 aromatic rings. The molecule has 1 aromatic heterocycles. The van der Waals surface area contributed by atoms with Crippen LogP contribution in [0.3, 0.4) is 0 Å².